The van der Waals surface area contributed by atoms with Gasteiger partial charge < -0.3 is 20.3 Å². The molecule has 0 unspecified atom stereocenters. The van der Waals surface area contributed by atoms with Crippen molar-refractivity contribution in [3.8, 4) is 17.2 Å². The van der Waals surface area contributed by atoms with Crippen molar-refractivity contribution in [3.63, 3.8) is 0 Å². The molecule has 3 aliphatic rings. The van der Waals surface area contributed by atoms with Crippen LogP contribution in [0.1, 0.15) is 55.1 Å². The SMILES string of the molecule is CC(=O)c1c(O)c(C)c(O)c2c1OC1=CC(=O)/C(=C(/C)NC3CCN(S(C)(=O)=O)CC3)C(=O)[C@]12C. The zero-order valence-electron chi connectivity index (χ0n) is 20.2. The first-order chi connectivity index (χ1) is 16.2. The molecule has 0 saturated carbocycles. The second-order valence-corrected chi connectivity index (χ2v) is 11.4. The Kier molecular flexibility index (Phi) is 5.84. The smallest absolute Gasteiger partial charge is 0.211 e. The molecule has 0 spiro atoms. The number of rotatable bonds is 4. The minimum absolute atomic E-state index is 0.0247. The number of ketones is 3. The van der Waals surface area contributed by atoms with E-state index in [1.165, 1.54) is 31.2 Å². The second kappa shape index (κ2) is 8.20. The van der Waals surface area contributed by atoms with E-state index in [4.69, 9.17) is 4.74 Å². The van der Waals surface area contributed by atoms with Gasteiger partial charge in [0.15, 0.2) is 17.3 Å². The Morgan fingerprint density at radius 3 is 2.31 bits per heavy atom. The molecule has 4 rings (SSSR count). The molecule has 2 heterocycles. The van der Waals surface area contributed by atoms with Crippen LogP contribution in [-0.4, -0.2) is 65.7 Å². The third kappa shape index (κ3) is 3.73. The minimum Gasteiger partial charge on any atom is -0.507 e. The number of nitrogens with zero attached hydrogens (tertiary/aromatic N) is 1. The number of phenolic OH excluding ortho intramolecular Hbond substituents is 2. The van der Waals surface area contributed by atoms with Gasteiger partial charge >= 0.3 is 0 Å². The molecular formula is C24H28N2O8S. The average Bonchev–Trinajstić information content (AvgIpc) is 3.05. The van der Waals surface area contributed by atoms with E-state index in [9.17, 15) is 33.0 Å². The van der Waals surface area contributed by atoms with E-state index in [1.807, 2.05) is 0 Å². The molecule has 1 fully saturated rings. The monoisotopic (exact) mass is 504 g/mol. The Hall–Kier alpha value is -3.18. The molecule has 0 radical (unpaired) electrons. The van der Waals surface area contributed by atoms with Crippen molar-refractivity contribution in [3.05, 3.63) is 39.8 Å². The molecular weight excluding hydrogens is 476 g/mol. The maximum atomic E-state index is 13.8. The first kappa shape index (κ1) is 24.9. The maximum absolute atomic E-state index is 13.8. The molecule has 1 aliphatic carbocycles. The molecule has 2 aliphatic heterocycles. The van der Waals surface area contributed by atoms with Crippen molar-refractivity contribution in [2.45, 2.75) is 52.0 Å². The molecule has 0 aromatic heterocycles. The van der Waals surface area contributed by atoms with Gasteiger partial charge in [-0.2, -0.15) is 0 Å². The summed E-state index contributed by atoms with van der Waals surface area (Å²) in [5, 5.41) is 24.5. The number of allylic oxidation sites excluding steroid dienone is 4. The molecule has 10 nitrogen and oxygen atoms in total. The summed E-state index contributed by atoms with van der Waals surface area (Å²) in [6, 6.07) is -0.136. The number of sulfonamides is 1. The number of ether oxygens (including phenoxy) is 1. The Morgan fingerprint density at radius 2 is 1.77 bits per heavy atom. The van der Waals surface area contributed by atoms with Gasteiger partial charge in [-0.1, -0.05) is 0 Å². The molecule has 1 atom stereocenters. The third-order valence-corrected chi connectivity index (χ3v) is 8.41. The number of fused-ring (bicyclic) bond motifs is 3. The minimum atomic E-state index is -3.28. The summed E-state index contributed by atoms with van der Waals surface area (Å²) in [6.07, 6.45) is 3.34. The van der Waals surface area contributed by atoms with Gasteiger partial charge in [-0.05, 0) is 40.5 Å². The molecule has 35 heavy (non-hydrogen) atoms. The topological polar surface area (TPSA) is 150 Å². The van der Waals surface area contributed by atoms with Gasteiger partial charge in [-0.15, -0.1) is 0 Å². The van der Waals surface area contributed by atoms with Crippen molar-refractivity contribution in [1.29, 1.82) is 0 Å². The van der Waals surface area contributed by atoms with E-state index in [-0.39, 0.29) is 45.6 Å². The van der Waals surface area contributed by atoms with Gasteiger partial charge in [0, 0.05) is 36.5 Å². The van der Waals surface area contributed by atoms with Gasteiger partial charge in [0.25, 0.3) is 0 Å². The summed E-state index contributed by atoms with van der Waals surface area (Å²) in [5.41, 5.74) is -1.44. The third-order valence-electron chi connectivity index (χ3n) is 7.10. The number of phenols is 2. The lowest BCUT2D eigenvalue weighted by atomic mass is 9.70. The highest BCUT2D eigenvalue weighted by Gasteiger charge is 2.56. The molecule has 0 bridgehead atoms. The normalized spacial score (nSPS) is 24.4. The van der Waals surface area contributed by atoms with E-state index < -0.39 is 38.5 Å². The van der Waals surface area contributed by atoms with Crippen LogP contribution in [0.2, 0.25) is 0 Å². The number of aromatic hydroxyl groups is 2. The van der Waals surface area contributed by atoms with Gasteiger partial charge in [-0.25, -0.2) is 12.7 Å². The Labute approximate surface area is 203 Å². The Morgan fingerprint density at radius 1 is 1.17 bits per heavy atom. The summed E-state index contributed by atoms with van der Waals surface area (Å²) in [5.74, 6) is -2.68. The van der Waals surface area contributed by atoms with Crippen LogP contribution in [0.25, 0.3) is 0 Å². The fourth-order valence-electron chi connectivity index (χ4n) is 5.07. The summed E-state index contributed by atoms with van der Waals surface area (Å²) >= 11 is 0. The van der Waals surface area contributed by atoms with Crippen LogP contribution in [0, 0.1) is 6.92 Å². The van der Waals surface area contributed by atoms with Crippen molar-refractivity contribution in [2.75, 3.05) is 19.3 Å². The predicted molar refractivity (Wildman–Crippen MR) is 126 cm³/mol. The zero-order valence-corrected chi connectivity index (χ0v) is 21.0. The van der Waals surface area contributed by atoms with Crippen LogP contribution in [0.4, 0.5) is 0 Å². The lowest BCUT2D eigenvalue weighted by Gasteiger charge is -2.33. The van der Waals surface area contributed by atoms with Crippen molar-refractivity contribution in [1.82, 2.24) is 9.62 Å². The summed E-state index contributed by atoms with van der Waals surface area (Å²) in [7, 11) is -3.28. The maximum Gasteiger partial charge on any atom is 0.211 e. The molecule has 0 amide bonds. The molecule has 3 N–H and O–H groups in total. The largest absolute Gasteiger partial charge is 0.507 e. The standard InChI is InChI=1S/C24H28N2O8S/c1-11-20(29)18(13(3)27)22-19(21(11)30)24(4)16(34-22)10-15(28)17(23(24)31)12(2)25-14-6-8-26(9-7-14)35(5,32)33/h10,14,25,29-30H,6-9H2,1-5H3/b17-12+/t24-/m1/s1. The van der Waals surface area contributed by atoms with Crippen LogP contribution in [-0.2, 0) is 25.0 Å². The van der Waals surface area contributed by atoms with E-state index >= 15 is 0 Å². The average molecular weight is 505 g/mol. The van der Waals surface area contributed by atoms with Crippen LogP contribution in [0.5, 0.6) is 17.2 Å². The number of carbonyl (C=O) groups excluding carboxylic acids is 3. The van der Waals surface area contributed by atoms with Gasteiger partial charge in [0.2, 0.25) is 10.0 Å². The number of Topliss-reactive ketones (excluding diaryl/α,β-unsaturated/α-hetero) is 2. The number of hydrogen-bond donors (Lipinski definition) is 3. The van der Waals surface area contributed by atoms with Crippen LogP contribution < -0.4 is 10.1 Å². The van der Waals surface area contributed by atoms with Crippen LogP contribution in [0.15, 0.2) is 23.1 Å². The number of nitrogens with one attached hydrogen (secondary N) is 1. The highest BCUT2D eigenvalue weighted by Crippen LogP contribution is 2.57. The van der Waals surface area contributed by atoms with Crippen LogP contribution in [0.3, 0.4) is 0 Å². The molecule has 1 aromatic carbocycles. The lowest BCUT2D eigenvalue weighted by molar-refractivity contribution is -0.123. The van der Waals surface area contributed by atoms with Crippen molar-refractivity contribution in [2.24, 2.45) is 0 Å². The van der Waals surface area contributed by atoms with E-state index in [0.29, 0.717) is 31.6 Å². The van der Waals surface area contributed by atoms with Crippen molar-refractivity contribution >= 4 is 27.4 Å². The summed E-state index contributed by atoms with van der Waals surface area (Å²) in [4.78, 5) is 39.1. The Balaban J connectivity index is 1.74. The summed E-state index contributed by atoms with van der Waals surface area (Å²) < 4.78 is 30.7. The zero-order chi connectivity index (χ0) is 26.0. The summed E-state index contributed by atoms with van der Waals surface area (Å²) in [6.45, 7) is 6.43. The van der Waals surface area contributed by atoms with E-state index in [1.54, 1.807) is 6.92 Å². The number of benzene rings is 1. The van der Waals surface area contributed by atoms with E-state index in [0.717, 1.165) is 6.26 Å². The molecule has 11 heteroatoms. The fraction of sp³-hybridized carbons (Fsp3) is 0.458. The Bertz CT molecular complexity index is 1350. The quantitative estimate of drug-likeness (QED) is 0.315. The molecule has 1 aromatic rings. The van der Waals surface area contributed by atoms with Gasteiger partial charge in [0.05, 0.1) is 17.4 Å². The number of carbonyl (C=O) groups is 3. The van der Waals surface area contributed by atoms with E-state index in [2.05, 4.69) is 5.32 Å². The van der Waals surface area contributed by atoms with Gasteiger partial charge in [-0.3, -0.25) is 14.4 Å². The lowest BCUT2D eigenvalue weighted by Crippen LogP contribution is -2.45. The molecule has 188 valence electrons. The first-order valence-corrected chi connectivity index (χ1v) is 13.1. The second-order valence-electron chi connectivity index (χ2n) is 9.47. The predicted octanol–water partition coefficient (Wildman–Crippen LogP) is 1.58. The van der Waals surface area contributed by atoms with Crippen LogP contribution >= 0.6 is 0 Å². The van der Waals surface area contributed by atoms with Crippen molar-refractivity contribution < 1.29 is 37.8 Å². The fourth-order valence-corrected chi connectivity index (χ4v) is 5.95. The molecule has 1 saturated heterocycles. The number of piperidine rings is 1. The highest BCUT2D eigenvalue weighted by molar-refractivity contribution is 7.88. The van der Waals surface area contributed by atoms with Gasteiger partial charge in [0.1, 0.15) is 34.0 Å². The first-order valence-electron chi connectivity index (χ1n) is 11.2. The highest BCUT2D eigenvalue weighted by atomic mass is 32.2. The number of hydrogen-bond acceptors (Lipinski definition) is 9.